The van der Waals surface area contributed by atoms with Crippen LogP contribution in [0.5, 0.6) is 0 Å². The number of carbonyl (C=O) groups is 2. The topological polar surface area (TPSA) is 68.5 Å². The predicted octanol–water partition coefficient (Wildman–Crippen LogP) is 4.55. The number of amides is 1. The molecule has 146 valence electrons. The number of esters is 1. The Hall–Kier alpha value is -2.73. The van der Waals surface area contributed by atoms with E-state index in [0.29, 0.717) is 17.9 Å². The van der Waals surface area contributed by atoms with Crippen LogP contribution in [0.4, 0.5) is 0 Å². The van der Waals surface area contributed by atoms with E-state index in [1.807, 2.05) is 49.4 Å². The van der Waals surface area contributed by atoms with Crippen LogP contribution in [0.15, 0.2) is 59.0 Å². The molecule has 0 spiro atoms. The minimum Gasteiger partial charge on any atom is -0.450 e. The van der Waals surface area contributed by atoms with Gasteiger partial charge in [-0.15, -0.1) is 0 Å². The zero-order chi connectivity index (χ0) is 19.8. The maximum atomic E-state index is 12.5. The van der Waals surface area contributed by atoms with E-state index in [1.54, 1.807) is 11.8 Å². The maximum absolute atomic E-state index is 12.5. The van der Waals surface area contributed by atoms with Crippen LogP contribution in [0.25, 0.3) is 11.0 Å². The number of rotatable bonds is 9. The molecule has 0 atom stereocenters. The number of nitrogens with one attached hydrogen (secondary N) is 1. The number of ether oxygens (including phenoxy) is 1. The van der Waals surface area contributed by atoms with Crippen LogP contribution in [0.3, 0.4) is 0 Å². The standard InChI is InChI=1S/C22H23NO4S/c1-2-12-23-20(24)13-26-22(25)21-18(17-10-6-7-11-19(17)27-21)15-28-14-16-8-4-3-5-9-16/h3-11H,2,12-15H2,1H3,(H,23,24). The summed E-state index contributed by atoms with van der Waals surface area (Å²) < 4.78 is 10.9. The second-order valence-corrected chi connectivity index (χ2v) is 7.30. The van der Waals surface area contributed by atoms with Crippen molar-refractivity contribution in [1.29, 1.82) is 0 Å². The molecule has 3 rings (SSSR count). The zero-order valence-corrected chi connectivity index (χ0v) is 16.6. The van der Waals surface area contributed by atoms with Crippen molar-refractivity contribution in [3.05, 3.63) is 71.5 Å². The molecule has 3 aromatic rings. The molecule has 1 N–H and O–H groups in total. The number of benzene rings is 2. The molecule has 1 heterocycles. The first-order chi connectivity index (χ1) is 13.7. The molecule has 28 heavy (non-hydrogen) atoms. The minimum absolute atomic E-state index is 0.171. The molecule has 1 aromatic heterocycles. The van der Waals surface area contributed by atoms with Crippen LogP contribution in [-0.2, 0) is 21.0 Å². The Balaban J connectivity index is 1.71. The van der Waals surface area contributed by atoms with Crippen molar-refractivity contribution in [3.8, 4) is 0 Å². The summed E-state index contributed by atoms with van der Waals surface area (Å²) in [6, 6.07) is 17.7. The summed E-state index contributed by atoms with van der Waals surface area (Å²) in [5.74, 6) is 0.682. The van der Waals surface area contributed by atoms with E-state index in [9.17, 15) is 9.59 Å². The molecule has 0 fully saturated rings. The summed E-state index contributed by atoms with van der Waals surface area (Å²) in [4.78, 5) is 24.2. The van der Waals surface area contributed by atoms with Gasteiger partial charge in [-0.1, -0.05) is 55.5 Å². The lowest BCUT2D eigenvalue weighted by Crippen LogP contribution is -2.29. The van der Waals surface area contributed by atoms with Gasteiger partial charge in [0.2, 0.25) is 5.76 Å². The highest BCUT2D eigenvalue weighted by Gasteiger charge is 2.22. The number of hydrogen-bond donors (Lipinski definition) is 1. The van der Waals surface area contributed by atoms with E-state index in [2.05, 4.69) is 17.4 Å². The largest absolute Gasteiger partial charge is 0.450 e. The van der Waals surface area contributed by atoms with Gasteiger partial charge in [0.1, 0.15) is 5.58 Å². The molecule has 6 heteroatoms. The minimum atomic E-state index is -0.613. The third-order valence-corrected chi connectivity index (χ3v) is 5.18. The average molecular weight is 397 g/mol. The van der Waals surface area contributed by atoms with E-state index >= 15 is 0 Å². The van der Waals surface area contributed by atoms with E-state index in [0.717, 1.165) is 23.1 Å². The molecule has 0 unspecified atom stereocenters. The average Bonchev–Trinajstić information content (AvgIpc) is 3.10. The number of furan rings is 1. The Morgan fingerprint density at radius 2 is 1.79 bits per heavy atom. The van der Waals surface area contributed by atoms with Crippen LogP contribution in [0, 0.1) is 0 Å². The van der Waals surface area contributed by atoms with Gasteiger partial charge in [0, 0.05) is 29.0 Å². The fraction of sp³-hybridized carbons (Fsp3) is 0.273. The van der Waals surface area contributed by atoms with Crippen LogP contribution < -0.4 is 5.32 Å². The summed E-state index contributed by atoms with van der Waals surface area (Å²) in [7, 11) is 0. The summed E-state index contributed by atoms with van der Waals surface area (Å²) >= 11 is 1.70. The third kappa shape index (κ3) is 5.16. The van der Waals surface area contributed by atoms with Crippen molar-refractivity contribution in [1.82, 2.24) is 5.32 Å². The molecule has 1 amide bonds. The fourth-order valence-corrected chi connectivity index (χ4v) is 3.79. The van der Waals surface area contributed by atoms with Crippen LogP contribution in [0.2, 0.25) is 0 Å². The first kappa shape index (κ1) is 20.0. The molecule has 0 saturated carbocycles. The van der Waals surface area contributed by atoms with Crippen molar-refractivity contribution in [2.75, 3.05) is 13.2 Å². The van der Waals surface area contributed by atoms with Crippen molar-refractivity contribution in [3.63, 3.8) is 0 Å². The summed E-state index contributed by atoms with van der Waals surface area (Å²) in [6.07, 6.45) is 0.825. The van der Waals surface area contributed by atoms with Crippen molar-refractivity contribution < 1.29 is 18.7 Å². The van der Waals surface area contributed by atoms with Crippen LogP contribution >= 0.6 is 11.8 Å². The lowest BCUT2D eigenvalue weighted by atomic mass is 10.1. The molecule has 0 aliphatic carbocycles. The van der Waals surface area contributed by atoms with Crippen molar-refractivity contribution in [2.24, 2.45) is 0 Å². The SMILES string of the molecule is CCCNC(=O)COC(=O)c1oc2ccccc2c1CSCc1ccccc1. The smallest absolute Gasteiger partial charge is 0.375 e. The molecule has 5 nitrogen and oxygen atoms in total. The Bertz CT molecular complexity index is 936. The molecule has 2 aromatic carbocycles. The third-order valence-electron chi connectivity index (χ3n) is 4.15. The van der Waals surface area contributed by atoms with Crippen LogP contribution in [-0.4, -0.2) is 25.0 Å². The summed E-state index contributed by atoms with van der Waals surface area (Å²) in [5.41, 5.74) is 2.66. The normalized spacial score (nSPS) is 10.8. The number of para-hydroxylation sites is 1. The van der Waals surface area contributed by atoms with E-state index in [4.69, 9.17) is 9.15 Å². The van der Waals surface area contributed by atoms with Gasteiger partial charge in [-0.2, -0.15) is 11.8 Å². The first-order valence-electron chi connectivity index (χ1n) is 9.25. The monoisotopic (exact) mass is 397 g/mol. The second-order valence-electron chi connectivity index (χ2n) is 6.31. The van der Waals surface area contributed by atoms with E-state index in [1.165, 1.54) is 5.56 Å². The molecular weight excluding hydrogens is 374 g/mol. The highest BCUT2D eigenvalue weighted by atomic mass is 32.2. The van der Waals surface area contributed by atoms with Gasteiger partial charge in [0.05, 0.1) is 0 Å². The molecule has 0 radical (unpaired) electrons. The molecule has 0 saturated heterocycles. The number of thioether (sulfide) groups is 1. The first-order valence-corrected chi connectivity index (χ1v) is 10.4. The van der Waals surface area contributed by atoms with Crippen molar-refractivity contribution >= 4 is 34.6 Å². The van der Waals surface area contributed by atoms with Gasteiger partial charge in [-0.05, 0) is 18.1 Å². The number of carbonyl (C=O) groups excluding carboxylic acids is 2. The summed E-state index contributed by atoms with van der Waals surface area (Å²) in [5, 5.41) is 3.58. The quantitative estimate of drug-likeness (QED) is 0.537. The zero-order valence-electron chi connectivity index (χ0n) is 15.8. The molecular formula is C22H23NO4S. The number of hydrogen-bond acceptors (Lipinski definition) is 5. The summed E-state index contributed by atoms with van der Waals surface area (Å²) in [6.45, 7) is 2.20. The Labute approximate surface area is 168 Å². The molecule has 0 bridgehead atoms. The Morgan fingerprint density at radius 1 is 1.04 bits per heavy atom. The lowest BCUT2D eigenvalue weighted by Gasteiger charge is -2.06. The Kier molecular flexibility index (Phi) is 7.14. The lowest BCUT2D eigenvalue weighted by molar-refractivity contribution is -0.124. The molecule has 0 aliphatic heterocycles. The van der Waals surface area contributed by atoms with E-state index < -0.39 is 5.97 Å². The maximum Gasteiger partial charge on any atom is 0.375 e. The molecule has 0 aliphatic rings. The van der Waals surface area contributed by atoms with Gasteiger partial charge < -0.3 is 14.5 Å². The Morgan fingerprint density at radius 3 is 2.57 bits per heavy atom. The van der Waals surface area contributed by atoms with Gasteiger partial charge in [-0.25, -0.2) is 4.79 Å². The number of fused-ring (bicyclic) bond motifs is 1. The highest BCUT2D eigenvalue weighted by Crippen LogP contribution is 2.30. The van der Waals surface area contributed by atoms with Crippen LogP contribution in [0.1, 0.15) is 35.0 Å². The van der Waals surface area contributed by atoms with Gasteiger partial charge >= 0.3 is 5.97 Å². The van der Waals surface area contributed by atoms with Crippen molar-refractivity contribution in [2.45, 2.75) is 24.9 Å². The second kappa shape index (κ2) is 9.99. The highest BCUT2D eigenvalue weighted by molar-refractivity contribution is 7.97. The van der Waals surface area contributed by atoms with E-state index in [-0.39, 0.29) is 18.3 Å². The fourth-order valence-electron chi connectivity index (χ4n) is 2.76. The van der Waals surface area contributed by atoms with Gasteiger partial charge in [0.15, 0.2) is 6.61 Å². The predicted molar refractivity (Wildman–Crippen MR) is 111 cm³/mol. The van der Waals surface area contributed by atoms with Gasteiger partial charge in [-0.3, -0.25) is 4.79 Å². The van der Waals surface area contributed by atoms with Gasteiger partial charge in [0.25, 0.3) is 5.91 Å².